The van der Waals surface area contributed by atoms with Crippen molar-refractivity contribution in [3.63, 3.8) is 0 Å². The highest BCUT2D eigenvalue weighted by Gasteiger charge is 2.09. The molecule has 0 saturated heterocycles. The number of unbranched alkanes of at least 4 members (excludes halogenated alkanes) is 2. The topological polar surface area (TPSA) is 59.0 Å². The largest absolute Gasteiger partial charge is 0.338 e. The summed E-state index contributed by atoms with van der Waals surface area (Å²) in [5.41, 5.74) is 2.04. The fraction of sp³-hybridized carbons (Fsp3) is 0.375. The number of benzene rings is 1. The molecule has 0 aliphatic carbocycles. The molecule has 21 heavy (non-hydrogen) atoms. The van der Waals surface area contributed by atoms with E-state index in [0.29, 0.717) is 12.4 Å². The summed E-state index contributed by atoms with van der Waals surface area (Å²) in [6.45, 7) is 2.83. The van der Waals surface area contributed by atoms with Crippen molar-refractivity contribution in [2.24, 2.45) is 7.05 Å². The third-order valence-electron chi connectivity index (χ3n) is 3.26. The number of hydrogen-bond acceptors (Lipinski definition) is 2. The van der Waals surface area contributed by atoms with Crippen LogP contribution in [0.25, 0.3) is 11.3 Å². The molecule has 1 aromatic carbocycles. The molecule has 0 spiro atoms. The molecular weight excluding hydrogens is 264 g/mol. The number of rotatable bonds is 6. The van der Waals surface area contributed by atoms with Gasteiger partial charge < -0.3 is 5.32 Å². The first kappa shape index (κ1) is 15.1. The van der Waals surface area contributed by atoms with Gasteiger partial charge in [0.05, 0.1) is 5.69 Å². The summed E-state index contributed by atoms with van der Waals surface area (Å²) in [5.74, 6) is 0.560. The van der Waals surface area contributed by atoms with E-state index in [-0.39, 0.29) is 6.03 Å². The van der Waals surface area contributed by atoms with Crippen LogP contribution >= 0.6 is 0 Å². The zero-order valence-corrected chi connectivity index (χ0v) is 12.6. The number of nitrogens with one attached hydrogen (secondary N) is 2. The lowest BCUT2D eigenvalue weighted by molar-refractivity contribution is 0.252. The normalized spacial score (nSPS) is 10.4. The zero-order valence-electron chi connectivity index (χ0n) is 12.6. The summed E-state index contributed by atoms with van der Waals surface area (Å²) in [4.78, 5) is 11.8. The molecule has 0 aliphatic heterocycles. The Bertz CT molecular complexity index is 577. The van der Waals surface area contributed by atoms with E-state index in [1.807, 2.05) is 43.4 Å². The Morgan fingerprint density at radius 3 is 2.71 bits per heavy atom. The van der Waals surface area contributed by atoms with Crippen molar-refractivity contribution >= 4 is 11.8 Å². The number of aryl methyl sites for hydroxylation is 1. The number of carbonyl (C=O) groups is 1. The minimum absolute atomic E-state index is 0.205. The summed E-state index contributed by atoms with van der Waals surface area (Å²) >= 11 is 0. The molecule has 0 unspecified atom stereocenters. The average Bonchev–Trinajstić information content (AvgIpc) is 2.85. The van der Waals surface area contributed by atoms with Gasteiger partial charge in [-0.05, 0) is 12.0 Å². The summed E-state index contributed by atoms with van der Waals surface area (Å²) < 4.78 is 1.77. The number of amides is 2. The number of anilines is 1. The molecule has 5 heteroatoms. The Hall–Kier alpha value is -2.30. The maximum absolute atomic E-state index is 11.8. The Morgan fingerprint density at radius 1 is 1.24 bits per heavy atom. The van der Waals surface area contributed by atoms with Crippen molar-refractivity contribution < 1.29 is 4.79 Å². The second kappa shape index (κ2) is 7.47. The smallest absolute Gasteiger partial charge is 0.320 e. The molecular formula is C16H22N4O. The number of hydrogen-bond donors (Lipinski definition) is 2. The van der Waals surface area contributed by atoms with E-state index in [4.69, 9.17) is 0 Å². The highest BCUT2D eigenvalue weighted by molar-refractivity contribution is 5.88. The van der Waals surface area contributed by atoms with Crippen LogP contribution in [0.2, 0.25) is 0 Å². The van der Waals surface area contributed by atoms with Crippen LogP contribution in [-0.4, -0.2) is 22.4 Å². The summed E-state index contributed by atoms with van der Waals surface area (Å²) in [5, 5.41) is 9.92. The molecule has 2 amide bonds. The van der Waals surface area contributed by atoms with Crippen LogP contribution in [0, 0.1) is 0 Å². The van der Waals surface area contributed by atoms with Crippen molar-refractivity contribution in [2.45, 2.75) is 26.2 Å². The van der Waals surface area contributed by atoms with Crippen LogP contribution < -0.4 is 10.6 Å². The Labute approximate surface area is 125 Å². The molecule has 5 nitrogen and oxygen atoms in total. The Balaban J connectivity index is 1.95. The van der Waals surface area contributed by atoms with Crippen molar-refractivity contribution in [3.8, 4) is 11.3 Å². The van der Waals surface area contributed by atoms with Crippen LogP contribution in [0.15, 0.2) is 36.4 Å². The van der Waals surface area contributed by atoms with E-state index in [9.17, 15) is 4.79 Å². The van der Waals surface area contributed by atoms with E-state index in [1.165, 1.54) is 0 Å². The van der Waals surface area contributed by atoms with Crippen molar-refractivity contribution in [1.82, 2.24) is 15.1 Å². The fourth-order valence-corrected chi connectivity index (χ4v) is 2.14. The first-order valence-electron chi connectivity index (χ1n) is 7.35. The Kier molecular flexibility index (Phi) is 5.37. The second-order valence-electron chi connectivity index (χ2n) is 4.99. The third kappa shape index (κ3) is 4.34. The van der Waals surface area contributed by atoms with Gasteiger partial charge >= 0.3 is 6.03 Å². The maximum atomic E-state index is 11.8. The molecule has 0 fully saturated rings. The second-order valence-corrected chi connectivity index (χ2v) is 4.99. The van der Waals surface area contributed by atoms with Gasteiger partial charge in [0, 0.05) is 19.7 Å². The van der Waals surface area contributed by atoms with Gasteiger partial charge in [-0.2, -0.15) is 5.10 Å². The van der Waals surface area contributed by atoms with E-state index in [2.05, 4.69) is 22.7 Å². The molecule has 0 saturated carbocycles. The molecule has 0 bridgehead atoms. The molecule has 0 radical (unpaired) electrons. The van der Waals surface area contributed by atoms with Crippen LogP contribution in [0.3, 0.4) is 0 Å². The first-order valence-corrected chi connectivity index (χ1v) is 7.35. The molecule has 0 aliphatic rings. The number of urea groups is 1. The minimum atomic E-state index is -0.205. The van der Waals surface area contributed by atoms with Crippen LogP contribution in [0.5, 0.6) is 0 Å². The molecule has 2 aromatic rings. The number of carbonyl (C=O) groups excluding carboxylic acids is 1. The minimum Gasteiger partial charge on any atom is -0.338 e. The predicted octanol–water partition coefficient (Wildman–Crippen LogP) is 3.40. The van der Waals surface area contributed by atoms with Gasteiger partial charge in [-0.3, -0.25) is 10.00 Å². The van der Waals surface area contributed by atoms with E-state index >= 15 is 0 Å². The zero-order chi connectivity index (χ0) is 15.1. The van der Waals surface area contributed by atoms with Gasteiger partial charge in [-0.1, -0.05) is 50.1 Å². The van der Waals surface area contributed by atoms with Crippen LogP contribution in [0.1, 0.15) is 26.2 Å². The summed E-state index contributed by atoms with van der Waals surface area (Å²) in [7, 11) is 1.87. The third-order valence-corrected chi connectivity index (χ3v) is 3.26. The quantitative estimate of drug-likeness (QED) is 0.800. The predicted molar refractivity (Wildman–Crippen MR) is 85.2 cm³/mol. The fourth-order valence-electron chi connectivity index (χ4n) is 2.14. The Morgan fingerprint density at radius 2 is 2.00 bits per heavy atom. The molecule has 1 heterocycles. The molecule has 1 aromatic heterocycles. The highest BCUT2D eigenvalue weighted by atomic mass is 16.2. The van der Waals surface area contributed by atoms with Gasteiger partial charge in [0.2, 0.25) is 0 Å². The molecule has 2 rings (SSSR count). The van der Waals surface area contributed by atoms with Crippen molar-refractivity contribution in [3.05, 3.63) is 36.4 Å². The van der Waals surface area contributed by atoms with Gasteiger partial charge in [-0.25, -0.2) is 4.79 Å². The average molecular weight is 286 g/mol. The van der Waals surface area contributed by atoms with Gasteiger partial charge in [0.15, 0.2) is 5.82 Å². The highest BCUT2D eigenvalue weighted by Crippen LogP contribution is 2.21. The SMILES string of the molecule is CCCCCNC(=O)Nc1cc(-c2ccccc2)n(C)n1. The van der Waals surface area contributed by atoms with Crippen LogP contribution in [0.4, 0.5) is 10.6 Å². The summed E-state index contributed by atoms with van der Waals surface area (Å²) in [6.07, 6.45) is 3.27. The van der Waals surface area contributed by atoms with E-state index in [1.54, 1.807) is 4.68 Å². The molecule has 2 N–H and O–H groups in total. The van der Waals surface area contributed by atoms with E-state index in [0.717, 1.165) is 30.5 Å². The maximum Gasteiger partial charge on any atom is 0.320 e. The van der Waals surface area contributed by atoms with E-state index < -0.39 is 0 Å². The summed E-state index contributed by atoms with van der Waals surface area (Å²) in [6, 6.07) is 11.6. The monoisotopic (exact) mass is 286 g/mol. The molecule has 112 valence electrons. The molecule has 0 atom stereocenters. The van der Waals surface area contributed by atoms with Crippen molar-refractivity contribution in [1.29, 1.82) is 0 Å². The lowest BCUT2D eigenvalue weighted by atomic mass is 10.1. The van der Waals surface area contributed by atoms with Gasteiger partial charge in [0.25, 0.3) is 0 Å². The van der Waals surface area contributed by atoms with Crippen molar-refractivity contribution in [2.75, 3.05) is 11.9 Å². The van der Waals surface area contributed by atoms with Crippen LogP contribution in [-0.2, 0) is 7.05 Å². The number of nitrogens with zero attached hydrogens (tertiary/aromatic N) is 2. The lowest BCUT2D eigenvalue weighted by Crippen LogP contribution is -2.29. The lowest BCUT2D eigenvalue weighted by Gasteiger charge is -2.04. The number of aromatic nitrogens is 2. The van der Waals surface area contributed by atoms with Gasteiger partial charge in [0.1, 0.15) is 0 Å². The van der Waals surface area contributed by atoms with Gasteiger partial charge in [-0.15, -0.1) is 0 Å². The first-order chi connectivity index (χ1) is 10.2. The standard InChI is InChI=1S/C16H22N4O/c1-3-4-8-11-17-16(21)18-15-12-14(20(2)19-15)13-9-6-5-7-10-13/h5-7,9-10,12H,3-4,8,11H2,1-2H3,(H2,17,18,19,21).